The molecular weight excluding hydrogens is 226 g/mol. The number of nitrogens with one attached hydrogen (secondary N) is 1. The third-order valence-corrected chi connectivity index (χ3v) is 3.33. The van der Waals surface area contributed by atoms with E-state index >= 15 is 0 Å². The minimum atomic E-state index is 0.0343. The standard InChI is InChI=1S/C14H21N3O/c1-2-17(11-7-8-11)10-9-14(18)16-13-6-4-3-5-12(13)15/h3-6,11H,2,7-10,15H2,1H3,(H,16,18). The van der Waals surface area contributed by atoms with Gasteiger partial charge in [0.25, 0.3) is 0 Å². The summed E-state index contributed by atoms with van der Waals surface area (Å²) in [5.41, 5.74) is 7.10. The highest BCUT2D eigenvalue weighted by Gasteiger charge is 2.27. The van der Waals surface area contributed by atoms with Gasteiger partial charge in [-0.25, -0.2) is 0 Å². The Morgan fingerprint density at radius 1 is 1.44 bits per heavy atom. The van der Waals surface area contributed by atoms with Crippen LogP contribution in [0.4, 0.5) is 11.4 Å². The van der Waals surface area contributed by atoms with E-state index in [1.807, 2.05) is 18.2 Å². The topological polar surface area (TPSA) is 58.4 Å². The number of nitrogen functional groups attached to an aromatic ring is 1. The second kappa shape index (κ2) is 5.87. The molecular formula is C14H21N3O. The summed E-state index contributed by atoms with van der Waals surface area (Å²) in [5.74, 6) is 0.0343. The van der Waals surface area contributed by atoms with Crippen LogP contribution in [-0.2, 0) is 4.79 Å². The maximum absolute atomic E-state index is 11.8. The summed E-state index contributed by atoms with van der Waals surface area (Å²) in [6.45, 7) is 4.00. The van der Waals surface area contributed by atoms with Crippen molar-refractivity contribution in [3.63, 3.8) is 0 Å². The van der Waals surface area contributed by atoms with Crippen molar-refractivity contribution in [2.45, 2.75) is 32.2 Å². The van der Waals surface area contributed by atoms with Crippen molar-refractivity contribution in [3.8, 4) is 0 Å². The van der Waals surface area contributed by atoms with Gasteiger partial charge in [0.15, 0.2) is 0 Å². The van der Waals surface area contributed by atoms with Crippen LogP contribution in [0.2, 0.25) is 0 Å². The Balaban J connectivity index is 1.80. The minimum absolute atomic E-state index is 0.0343. The first-order valence-electron chi connectivity index (χ1n) is 6.59. The molecule has 4 heteroatoms. The van der Waals surface area contributed by atoms with E-state index in [9.17, 15) is 4.79 Å². The monoisotopic (exact) mass is 247 g/mol. The zero-order chi connectivity index (χ0) is 13.0. The Labute approximate surface area is 108 Å². The van der Waals surface area contributed by atoms with Crippen molar-refractivity contribution in [1.82, 2.24) is 4.90 Å². The molecule has 18 heavy (non-hydrogen) atoms. The Hall–Kier alpha value is -1.55. The van der Waals surface area contributed by atoms with Gasteiger partial charge in [0.2, 0.25) is 5.91 Å². The molecule has 3 N–H and O–H groups in total. The lowest BCUT2D eigenvalue weighted by Gasteiger charge is -2.19. The van der Waals surface area contributed by atoms with Gasteiger partial charge in [0.05, 0.1) is 11.4 Å². The molecule has 0 saturated heterocycles. The Morgan fingerprint density at radius 3 is 2.78 bits per heavy atom. The number of hydrogen-bond acceptors (Lipinski definition) is 3. The van der Waals surface area contributed by atoms with Crippen molar-refractivity contribution in [3.05, 3.63) is 24.3 Å². The Morgan fingerprint density at radius 2 is 2.17 bits per heavy atom. The van der Waals surface area contributed by atoms with Gasteiger partial charge >= 0.3 is 0 Å². The molecule has 2 rings (SSSR count). The molecule has 1 aromatic rings. The Kier molecular flexibility index (Phi) is 4.20. The van der Waals surface area contributed by atoms with E-state index in [0.29, 0.717) is 23.8 Å². The van der Waals surface area contributed by atoms with Gasteiger partial charge in [0, 0.05) is 19.0 Å². The summed E-state index contributed by atoms with van der Waals surface area (Å²) in [5, 5.41) is 2.86. The van der Waals surface area contributed by atoms with Gasteiger partial charge in [-0.3, -0.25) is 4.79 Å². The van der Waals surface area contributed by atoms with E-state index in [-0.39, 0.29) is 5.91 Å². The lowest BCUT2D eigenvalue weighted by atomic mass is 10.2. The van der Waals surface area contributed by atoms with E-state index in [1.54, 1.807) is 6.07 Å². The van der Waals surface area contributed by atoms with E-state index < -0.39 is 0 Å². The second-order valence-electron chi connectivity index (χ2n) is 4.75. The first kappa shape index (κ1) is 12.9. The number of nitrogens with two attached hydrogens (primary N) is 1. The minimum Gasteiger partial charge on any atom is -0.397 e. The van der Waals surface area contributed by atoms with Crippen LogP contribution < -0.4 is 11.1 Å². The lowest BCUT2D eigenvalue weighted by Crippen LogP contribution is -2.29. The van der Waals surface area contributed by atoms with Gasteiger partial charge in [-0.15, -0.1) is 0 Å². The molecule has 1 aliphatic carbocycles. The zero-order valence-electron chi connectivity index (χ0n) is 10.9. The molecule has 0 spiro atoms. The maximum Gasteiger partial charge on any atom is 0.225 e. The van der Waals surface area contributed by atoms with Crippen molar-refractivity contribution in [1.29, 1.82) is 0 Å². The van der Waals surface area contributed by atoms with Crippen LogP contribution in [0.3, 0.4) is 0 Å². The molecule has 0 bridgehead atoms. The van der Waals surface area contributed by atoms with Gasteiger partial charge < -0.3 is 16.0 Å². The number of carbonyl (C=O) groups excluding carboxylic acids is 1. The molecule has 0 atom stereocenters. The first-order chi connectivity index (χ1) is 8.70. The van der Waals surface area contributed by atoms with Gasteiger partial charge in [-0.1, -0.05) is 19.1 Å². The molecule has 0 aromatic heterocycles. The smallest absolute Gasteiger partial charge is 0.225 e. The molecule has 1 aromatic carbocycles. The summed E-state index contributed by atoms with van der Waals surface area (Å²) >= 11 is 0. The zero-order valence-corrected chi connectivity index (χ0v) is 10.9. The van der Waals surface area contributed by atoms with Crippen molar-refractivity contribution in [2.24, 2.45) is 0 Å². The van der Waals surface area contributed by atoms with Crippen LogP contribution >= 0.6 is 0 Å². The number of rotatable bonds is 6. The van der Waals surface area contributed by atoms with Crippen LogP contribution in [0.1, 0.15) is 26.2 Å². The summed E-state index contributed by atoms with van der Waals surface area (Å²) in [7, 11) is 0. The van der Waals surface area contributed by atoms with Gasteiger partial charge in [-0.2, -0.15) is 0 Å². The van der Waals surface area contributed by atoms with E-state index in [2.05, 4.69) is 17.1 Å². The summed E-state index contributed by atoms with van der Waals surface area (Å²) in [6.07, 6.45) is 3.08. The lowest BCUT2D eigenvalue weighted by molar-refractivity contribution is -0.116. The molecule has 98 valence electrons. The maximum atomic E-state index is 11.8. The van der Waals surface area contributed by atoms with Crippen molar-refractivity contribution in [2.75, 3.05) is 24.1 Å². The fraction of sp³-hybridized carbons (Fsp3) is 0.500. The highest BCUT2D eigenvalue weighted by molar-refractivity contribution is 5.93. The third kappa shape index (κ3) is 3.47. The molecule has 0 radical (unpaired) electrons. The van der Waals surface area contributed by atoms with Crippen LogP contribution in [0.5, 0.6) is 0 Å². The van der Waals surface area contributed by atoms with Crippen LogP contribution in [0, 0.1) is 0 Å². The number of anilines is 2. The summed E-state index contributed by atoms with van der Waals surface area (Å²) < 4.78 is 0. The molecule has 0 heterocycles. The van der Waals surface area contributed by atoms with Crippen LogP contribution in [-0.4, -0.2) is 29.9 Å². The highest BCUT2D eigenvalue weighted by Crippen LogP contribution is 2.26. The molecule has 1 aliphatic rings. The fourth-order valence-corrected chi connectivity index (χ4v) is 2.11. The van der Waals surface area contributed by atoms with Crippen LogP contribution in [0.15, 0.2) is 24.3 Å². The summed E-state index contributed by atoms with van der Waals surface area (Å²) in [6, 6.07) is 8.06. The predicted octanol–water partition coefficient (Wildman–Crippen LogP) is 2.08. The number of amides is 1. The molecule has 0 aliphatic heterocycles. The second-order valence-corrected chi connectivity index (χ2v) is 4.75. The summed E-state index contributed by atoms with van der Waals surface area (Å²) in [4.78, 5) is 14.2. The van der Waals surface area contributed by atoms with Gasteiger partial charge in [0.1, 0.15) is 0 Å². The predicted molar refractivity (Wildman–Crippen MR) is 74.4 cm³/mol. The van der Waals surface area contributed by atoms with E-state index in [0.717, 1.165) is 13.1 Å². The molecule has 1 saturated carbocycles. The number of para-hydroxylation sites is 2. The van der Waals surface area contributed by atoms with E-state index in [4.69, 9.17) is 5.73 Å². The van der Waals surface area contributed by atoms with Crippen LogP contribution in [0.25, 0.3) is 0 Å². The highest BCUT2D eigenvalue weighted by atomic mass is 16.1. The third-order valence-electron chi connectivity index (χ3n) is 3.33. The normalized spacial score (nSPS) is 14.8. The number of hydrogen-bond donors (Lipinski definition) is 2. The SMILES string of the molecule is CCN(CCC(=O)Nc1ccccc1N)C1CC1. The fourth-order valence-electron chi connectivity index (χ4n) is 2.11. The molecule has 1 fully saturated rings. The average molecular weight is 247 g/mol. The Bertz CT molecular complexity index is 415. The molecule has 4 nitrogen and oxygen atoms in total. The average Bonchev–Trinajstić information content (AvgIpc) is 3.17. The number of carbonyl (C=O) groups is 1. The largest absolute Gasteiger partial charge is 0.397 e. The number of nitrogens with zero attached hydrogens (tertiary/aromatic N) is 1. The molecule has 0 unspecified atom stereocenters. The first-order valence-corrected chi connectivity index (χ1v) is 6.59. The van der Waals surface area contributed by atoms with Crippen molar-refractivity contribution >= 4 is 17.3 Å². The quantitative estimate of drug-likeness (QED) is 0.757. The number of benzene rings is 1. The van der Waals surface area contributed by atoms with Gasteiger partial charge in [-0.05, 0) is 31.5 Å². The van der Waals surface area contributed by atoms with E-state index in [1.165, 1.54) is 12.8 Å². The van der Waals surface area contributed by atoms with Crippen molar-refractivity contribution < 1.29 is 4.79 Å². The molecule has 1 amide bonds.